The van der Waals surface area contributed by atoms with Crippen LogP contribution in [0.25, 0.3) is 0 Å². The molecule has 0 bridgehead atoms. The summed E-state index contributed by atoms with van der Waals surface area (Å²) < 4.78 is 5.02. The minimum absolute atomic E-state index is 0.0925. The molecule has 1 saturated carbocycles. The number of carbonyl (C=O) groups is 1. The molecule has 2 aliphatic rings. The van der Waals surface area contributed by atoms with Crippen LogP contribution in [0.4, 0.5) is 0 Å². The number of amides is 1. The van der Waals surface area contributed by atoms with E-state index in [0.717, 1.165) is 38.8 Å². The Morgan fingerprint density at radius 3 is 2.65 bits per heavy atom. The summed E-state index contributed by atoms with van der Waals surface area (Å²) in [4.78, 5) is 16.6. The second-order valence-electron chi connectivity index (χ2n) is 6.56. The number of aromatic nitrogens is 1. The number of hydrogen-bond donors (Lipinski definition) is 3. The number of methoxy groups -OCH3 is 1. The molecule has 1 aliphatic carbocycles. The lowest BCUT2D eigenvalue weighted by atomic mass is 9.71. The van der Waals surface area contributed by atoms with E-state index in [1.165, 1.54) is 0 Å². The highest BCUT2D eigenvalue weighted by Crippen LogP contribution is 2.35. The molecule has 3 N–H and O–H groups in total. The molecule has 2 fully saturated rings. The Bertz CT molecular complexity index is 522. The molecule has 0 spiro atoms. The summed E-state index contributed by atoms with van der Waals surface area (Å²) in [7, 11) is 1.55. The van der Waals surface area contributed by atoms with E-state index in [0.29, 0.717) is 23.3 Å². The van der Waals surface area contributed by atoms with Crippen LogP contribution in [0.3, 0.4) is 0 Å². The van der Waals surface area contributed by atoms with E-state index in [1.807, 2.05) is 0 Å². The average molecular weight is 319 g/mol. The van der Waals surface area contributed by atoms with Crippen LogP contribution in [-0.2, 0) is 0 Å². The van der Waals surface area contributed by atoms with Gasteiger partial charge in [0.05, 0.1) is 18.8 Å². The maximum absolute atomic E-state index is 12.6. The molecule has 23 heavy (non-hydrogen) atoms. The number of nitrogens with one attached hydrogen (secondary N) is 2. The van der Waals surface area contributed by atoms with E-state index >= 15 is 0 Å². The molecule has 0 radical (unpaired) electrons. The van der Waals surface area contributed by atoms with Crippen LogP contribution in [-0.4, -0.2) is 48.3 Å². The molecule has 1 aromatic rings. The minimum Gasteiger partial charge on any atom is -0.481 e. The SMILES string of the molecule is COc1ccc(C(=O)N[C@@H](C2CCNCC2)C2CC(O)C2)cn1. The first-order chi connectivity index (χ1) is 11.2. The Morgan fingerprint density at radius 2 is 2.09 bits per heavy atom. The van der Waals surface area contributed by atoms with Crippen molar-refractivity contribution in [2.24, 2.45) is 11.8 Å². The van der Waals surface area contributed by atoms with Crippen LogP contribution in [0.5, 0.6) is 5.88 Å². The second-order valence-corrected chi connectivity index (χ2v) is 6.56. The van der Waals surface area contributed by atoms with Gasteiger partial charge in [0, 0.05) is 18.3 Å². The summed E-state index contributed by atoms with van der Waals surface area (Å²) in [5, 5.41) is 16.2. The predicted octanol–water partition coefficient (Wildman–Crippen LogP) is 0.959. The highest BCUT2D eigenvalue weighted by Gasteiger charge is 2.39. The maximum atomic E-state index is 12.6. The molecule has 126 valence electrons. The topological polar surface area (TPSA) is 83.5 Å². The van der Waals surface area contributed by atoms with E-state index in [1.54, 1.807) is 25.4 Å². The monoisotopic (exact) mass is 319 g/mol. The fraction of sp³-hybridized carbons (Fsp3) is 0.647. The molecule has 6 heteroatoms. The second kappa shape index (κ2) is 7.27. The van der Waals surface area contributed by atoms with Crippen molar-refractivity contribution in [3.05, 3.63) is 23.9 Å². The quantitative estimate of drug-likeness (QED) is 0.753. The van der Waals surface area contributed by atoms with Gasteiger partial charge in [0.1, 0.15) is 0 Å². The molecule has 3 rings (SSSR count). The predicted molar refractivity (Wildman–Crippen MR) is 86.4 cm³/mol. The fourth-order valence-corrected chi connectivity index (χ4v) is 3.62. The van der Waals surface area contributed by atoms with Crippen LogP contribution in [0.1, 0.15) is 36.0 Å². The van der Waals surface area contributed by atoms with Gasteiger partial charge in [0.2, 0.25) is 5.88 Å². The van der Waals surface area contributed by atoms with Crippen LogP contribution in [0.2, 0.25) is 0 Å². The van der Waals surface area contributed by atoms with Gasteiger partial charge in [-0.25, -0.2) is 4.98 Å². The third kappa shape index (κ3) is 3.82. The van der Waals surface area contributed by atoms with E-state index in [2.05, 4.69) is 15.6 Å². The lowest BCUT2D eigenvalue weighted by Gasteiger charge is -2.43. The van der Waals surface area contributed by atoms with Gasteiger partial charge in [-0.3, -0.25) is 4.79 Å². The van der Waals surface area contributed by atoms with Crippen molar-refractivity contribution in [2.45, 2.75) is 37.8 Å². The fourth-order valence-electron chi connectivity index (χ4n) is 3.62. The van der Waals surface area contributed by atoms with Gasteiger partial charge in [-0.1, -0.05) is 0 Å². The molecule has 6 nitrogen and oxygen atoms in total. The maximum Gasteiger partial charge on any atom is 0.253 e. The van der Waals surface area contributed by atoms with Crippen molar-refractivity contribution >= 4 is 5.91 Å². The van der Waals surface area contributed by atoms with Crippen molar-refractivity contribution in [3.8, 4) is 5.88 Å². The zero-order chi connectivity index (χ0) is 16.2. The summed E-state index contributed by atoms with van der Waals surface area (Å²) in [5.41, 5.74) is 0.546. The minimum atomic E-state index is -0.205. The molecule has 1 atom stereocenters. The number of aliphatic hydroxyl groups is 1. The van der Waals surface area contributed by atoms with Gasteiger partial charge < -0.3 is 20.5 Å². The highest BCUT2D eigenvalue weighted by atomic mass is 16.5. The van der Waals surface area contributed by atoms with Crippen LogP contribution < -0.4 is 15.4 Å². The highest BCUT2D eigenvalue weighted by molar-refractivity contribution is 5.94. The van der Waals surface area contributed by atoms with E-state index in [-0.39, 0.29) is 18.1 Å². The number of ether oxygens (including phenoxy) is 1. The zero-order valence-electron chi connectivity index (χ0n) is 13.5. The summed E-state index contributed by atoms with van der Waals surface area (Å²) in [6.07, 6.45) is 5.05. The molecule has 2 heterocycles. The van der Waals surface area contributed by atoms with Gasteiger partial charge in [0.25, 0.3) is 5.91 Å². The number of piperidine rings is 1. The standard InChI is InChI=1S/C17H25N3O3/c1-23-15-3-2-12(10-19-15)17(22)20-16(13-8-14(21)9-13)11-4-6-18-7-5-11/h2-3,10-11,13-14,16,18,21H,4-9H2,1H3,(H,20,22)/t13?,14?,16-/m0/s1. The number of pyridine rings is 1. The molecule has 1 saturated heterocycles. The Kier molecular flexibility index (Phi) is 5.13. The zero-order valence-corrected chi connectivity index (χ0v) is 13.5. The molecule has 0 unspecified atom stereocenters. The van der Waals surface area contributed by atoms with Gasteiger partial charge >= 0.3 is 0 Å². The molecule has 0 aromatic carbocycles. The Labute approximate surface area is 136 Å². The van der Waals surface area contributed by atoms with Gasteiger partial charge in [-0.2, -0.15) is 0 Å². The summed E-state index contributed by atoms with van der Waals surface area (Å²) in [5.74, 6) is 1.26. The number of aliphatic hydroxyl groups excluding tert-OH is 1. The van der Waals surface area contributed by atoms with Crippen molar-refractivity contribution < 1.29 is 14.6 Å². The van der Waals surface area contributed by atoms with Gasteiger partial charge in [0.15, 0.2) is 0 Å². The van der Waals surface area contributed by atoms with Crippen LogP contribution in [0, 0.1) is 11.8 Å². The lowest BCUT2D eigenvalue weighted by molar-refractivity contribution is 0.00918. The molecular formula is C17H25N3O3. The van der Waals surface area contributed by atoms with Crippen molar-refractivity contribution in [1.29, 1.82) is 0 Å². The summed E-state index contributed by atoms with van der Waals surface area (Å²) in [6, 6.07) is 3.56. The number of rotatable bonds is 5. The van der Waals surface area contributed by atoms with Crippen LogP contribution >= 0.6 is 0 Å². The summed E-state index contributed by atoms with van der Waals surface area (Å²) >= 11 is 0. The molecule has 1 amide bonds. The molecule has 1 aliphatic heterocycles. The third-order valence-electron chi connectivity index (χ3n) is 5.05. The van der Waals surface area contributed by atoms with Crippen molar-refractivity contribution in [2.75, 3.05) is 20.2 Å². The lowest BCUT2D eigenvalue weighted by Crippen LogP contribution is -2.52. The summed E-state index contributed by atoms with van der Waals surface area (Å²) in [6.45, 7) is 1.99. The third-order valence-corrected chi connectivity index (χ3v) is 5.05. The van der Waals surface area contributed by atoms with E-state index in [9.17, 15) is 9.90 Å². The van der Waals surface area contributed by atoms with E-state index in [4.69, 9.17) is 4.74 Å². The first-order valence-corrected chi connectivity index (χ1v) is 8.37. The van der Waals surface area contributed by atoms with Gasteiger partial charge in [-0.15, -0.1) is 0 Å². The Morgan fingerprint density at radius 1 is 1.35 bits per heavy atom. The van der Waals surface area contributed by atoms with Gasteiger partial charge in [-0.05, 0) is 56.7 Å². The average Bonchev–Trinajstić information content (AvgIpc) is 2.58. The Hall–Kier alpha value is -1.66. The number of carbonyl (C=O) groups excluding carboxylic acids is 1. The number of hydrogen-bond acceptors (Lipinski definition) is 5. The Balaban J connectivity index is 1.67. The smallest absolute Gasteiger partial charge is 0.253 e. The van der Waals surface area contributed by atoms with Crippen molar-refractivity contribution in [1.82, 2.24) is 15.6 Å². The normalized spacial score (nSPS) is 26.2. The largest absolute Gasteiger partial charge is 0.481 e. The van der Waals surface area contributed by atoms with E-state index < -0.39 is 0 Å². The van der Waals surface area contributed by atoms with Crippen molar-refractivity contribution in [3.63, 3.8) is 0 Å². The van der Waals surface area contributed by atoms with Crippen LogP contribution in [0.15, 0.2) is 18.3 Å². The first-order valence-electron chi connectivity index (χ1n) is 8.37. The molecule has 1 aromatic heterocycles. The first kappa shape index (κ1) is 16.2. The molecular weight excluding hydrogens is 294 g/mol. The number of nitrogens with zero attached hydrogens (tertiary/aromatic N) is 1.